The first-order valence-corrected chi connectivity index (χ1v) is 16.3. The number of phenolic OH excluding ortho intramolecular Hbond substituents is 1. The Morgan fingerprint density at radius 3 is 2.69 bits per heavy atom. The van der Waals surface area contributed by atoms with Crippen molar-refractivity contribution >= 4 is 11.9 Å². The van der Waals surface area contributed by atoms with Crippen molar-refractivity contribution in [3.63, 3.8) is 0 Å². The number of aryl methyl sites for hydroxylation is 1. The first-order valence-electron chi connectivity index (χ1n) is 16.3. The van der Waals surface area contributed by atoms with Gasteiger partial charge in [0.1, 0.15) is 24.1 Å². The maximum Gasteiger partial charge on any atom is 0.334 e. The van der Waals surface area contributed by atoms with Gasteiger partial charge in [-0.25, -0.2) is 4.79 Å². The SMILES string of the molecule is C=C1C(=O)OC2C1CCC(C)=CCCC1(C)OC21.CCC(=O)OC1CCC2C3CCc4cc(O)ccc4C3CCC12C. The lowest BCUT2D eigenvalue weighted by molar-refractivity contribution is -0.157. The van der Waals surface area contributed by atoms with Gasteiger partial charge in [0, 0.05) is 23.3 Å². The van der Waals surface area contributed by atoms with Crippen molar-refractivity contribution < 1.29 is 28.9 Å². The molecule has 42 heavy (non-hydrogen) atoms. The number of allylic oxidation sites excluding steroid dienone is 2. The zero-order valence-electron chi connectivity index (χ0n) is 25.8. The van der Waals surface area contributed by atoms with E-state index in [1.807, 2.05) is 19.1 Å². The molecule has 0 aromatic heterocycles. The minimum atomic E-state index is -0.233. The zero-order valence-corrected chi connectivity index (χ0v) is 25.8. The molecule has 2 aliphatic heterocycles. The highest BCUT2D eigenvalue weighted by Gasteiger charge is 2.61. The highest BCUT2D eigenvalue weighted by atomic mass is 16.6. The number of esters is 2. The van der Waals surface area contributed by atoms with Crippen LogP contribution < -0.4 is 0 Å². The van der Waals surface area contributed by atoms with Gasteiger partial charge in [0.05, 0.1) is 5.60 Å². The summed E-state index contributed by atoms with van der Waals surface area (Å²) in [6.45, 7) is 12.4. The lowest BCUT2D eigenvalue weighted by atomic mass is 9.55. The number of aromatic hydroxyl groups is 1. The topological polar surface area (TPSA) is 85.4 Å². The first kappa shape index (κ1) is 29.5. The maximum absolute atomic E-state index is 11.8. The van der Waals surface area contributed by atoms with Crippen molar-refractivity contribution in [3.8, 4) is 5.75 Å². The van der Waals surface area contributed by atoms with Gasteiger partial charge in [-0.3, -0.25) is 4.79 Å². The molecule has 0 amide bonds. The molecule has 6 nitrogen and oxygen atoms in total. The minimum Gasteiger partial charge on any atom is -0.508 e. The molecule has 1 aromatic rings. The molecule has 0 spiro atoms. The van der Waals surface area contributed by atoms with Crippen LogP contribution >= 0.6 is 0 Å². The average molecular weight is 577 g/mol. The Balaban J connectivity index is 0.000000157. The molecule has 7 rings (SSSR count). The molecule has 2 heterocycles. The molecule has 2 saturated carbocycles. The van der Waals surface area contributed by atoms with Gasteiger partial charge in [0.25, 0.3) is 0 Å². The number of hydrogen-bond donors (Lipinski definition) is 1. The molecule has 1 N–H and O–H groups in total. The molecule has 6 heteroatoms. The summed E-state index contributed by atoms with van der Waals surface area (Å²) < 4.78 is 17.1. The Hall–Kier alpha value is -2.60. The number of phenols is 1. The number of fused-ring (bicyclic) bond motifs is 8. The molecule has 0 radical (unpaired) electrons. The molecule has 4 aliphatic carbocycles. The Morgan fingerprint density at radius 2 is 1.90 bits per heavy atom. The van der Waals surface area contributed by atoms with E-state index < -0.39 is 0 Å². The molecular weight excluding hydrogens is 528 g/mol. The average Bonchev–Trinajstić information content (AvgIpc) is 3.40. The van der Waals surface area contributed by atoms with Crippen molar-refractivity contribution in [1.82, 2.24) is 0 Å². The van der Waals surface area contributed by atoms with E-state index in [0.717, 1.165) is 44.9 Å². The van der Waals surface area contributed by atoms with Crippen LogP contribution in [0, 0.1) is 23.2 Å². The van der Waals surface area contributed by atoms with Gasteiger partial charge in [0.2, 0.25) is 0 Å². The smallest absolute Gasteiger partial charge is 0.334 e. The molecule has 1 aromatic carbocycles. The Kier molecular flexibility index (Phi) is 7.83. The number of ether oxygens (including phenoxy) is 3. The fourth-order valence-electron chi connectivity index (χ4n) is 9.16. The third-order valence-electron chi connectivity index (χ3n) is 11.8. The minimum absolute atomic E-state index is 0.0477. The Bertz CT molecular complexity index is 1280. The highest BCUT2D eigenvalue weighted by Crippen LogP contribution is 2.61. The van der Waals surface area contributed by atoms with Gasteiger partial charge in [-0.05, 0) is 119 Å². The summed E-state index contributed by atoms with van der Waals surface area (Å²) in [5.74, 6) is 2.22. The lowest BCUT2D eigenvalue weighted by Crippen LogP contribution is -2.45. The third kappa shape index (κ3) is 5.22. The van der Waals surface area contributed by atoms with E-state index in [2.05, 4.69) is 39.5 Å². The quantitative estimate of drug-likeness (QED) is 0.172. The second kappa shape index (κ2) is 11.2. The summed E-state index contributed by atoms with van der Waals surface area (Å²) in [6.07, 6.45) is 13.6. The van der Waals surface area contributed by atoms with Crippen LogP contribution in [0.1, 0.15) is 109 Å². The van der Waals surface area contributed by atoms with E-state index in [9.17, 15) is 14.7 Å². The van der Waals surface area contributed by atoms with Crippen molar-refractivity contribution in [2.45, 2.75) is 128 Å². The monoisotopic (exact) mass is 576 g/mol. The maximum atomic E-state index is 11.8. The summed E-state index contributed by atoms with van der Waals surface area (Å²) in [5.41, 5.74) is 4.87. The van der Waals surface area contributed by atoms with Crippen LogP contribution in [-0.2, 0) is 30.2 Å². The Morgan fingerprint density at radius 1 is 1.10 bits per heavy atom. The van der Waals surface area contributed by atoms with Gasteiger partial charge < -0.3 is 19.3 Å². The molecule has 0 bridgehead atoms. The van der Waals surface area contributed by atoms with Crippen LogP contribution in [0.25, 0.3) is 0 Å². The molecule has 9 unspecified atom stereocenters. The molecule has 4 fully saturated rings. The fourth-order valence-corrected chi connectivity index (χ4v) is 9.16. The van der Waals surface area contributed by atoms with Crippen molar-refractivity contribution in [2.75, 3.05) is 0 Å². The zero-order chi connectivity index (χ0) is 29.8. The van der Waals surface area contributed by atoms with Gasteiger partial charge >= 0.3 is 11.9 Å². The predicted octanol–water partition coefficient (Wildman–Crippen LogP) is 7.33. The molecule has 228 valence electrons. The highest BCUT2D eigenvalue weighted by molar-refractivity contribution is 5.91. The fraction of sp³-hybridized carbons (Fsp3) is 0.667. The number of carbonyl (C=O) groups excluding carboxylic acids is 2. The Labute approximate surface area is 250 Å². The van der Waals surface area contributed by atoms with Crippen LogP contribution in [0.15, 0.2) is 42.0 Å². The lowest BCUT2D eigenvalue weighted by Gasteiger charge is -2.50. The van der Waals surface area contributed by atoms with E-state index in [1.165, 1.54) is 36.0 Å². The van der Waals surface area contributed by atoms with Gasteiger partial charge in [-0.15, -0.1) is 0 Å². The van der Waals surface area contributed by atoms with Gasteiger partial charge in [-0.2, -0.15) is 0 Å². The van der Waals surface area contributed by atoms with E-state index in [0.29, 0.717) is 35.5 Å². The van der Waals surface area contributed by atoms with Gasteiger partial charge in [0.15, 0.2) is 0 Å². The summed E-state index contributed by atoms with van der Waals surface area (Å²) in [4.78, 5) is 23.5. The molecule has 2 saturated heterocycles. The van der Waals surface area contributed by atoms with E-state index in [4.69, 9.17) is 14.2 Å². The second-order valence-electron chi connectivity index (χ2n) is 14.2. The van der Waals surface area contributed by atoms with Crippen LogP contribution in [-0.4, -0.2) is 41.0 Å². The van der Waals surface area contributed by atoms with Crippen LogP contribution in [0.2, 0.25) is 0 Å². The van der Waals surface area contributed by atoms with Crippen molar-refractivity contribution in [1.29, 1.82) is 0 Å². The van der Waals surface area contributed by atoms with E-state index >= 15 is 0 Å². The molecule has 6 aliphatic rings. The predicted molar refractivity (Wildman–Crippen MR) is 161 cm³/mol. The number of benzene rings is 1. The number of carbonyl (C=O) groups is 2. The van der Waals surface area contributed by atoms with Crippen LogP contribution in [0.5, 0.6) is 5.75 Å². The van der Waals surface area contributed by atoms with E-state index in [1.54, 1.807) is 0 Å². The summed E-state index contributed by atoms with van der Waals surface area (Å²) in [5, 5.41) is 9.77. The summed E-state index contributed by atoms with van der Waals surface area (Å²) in [7, 11) is 0. The normalized spacial score (nSPS) is 40.0. The van der Waals surface area contributed by atoms with E-state index in [-0.39, 0.29) is 47.2 Å². The molecular formula is C36H48O6. The van der Waals surface area contributed by atoms with Gasteiger partial charge in [-0.1, -0.05) is 38.1 Å². The standard InChI is InChI=1S/C21H28O3.C15H20O3/c1-3-20(23)24-19-9-8-18-17-6-4-13-12-14(22)5-7-15(13)16(17)10-11-21(18,19)2;1-9-5-4-8-15(3)13(18-15)12-11(7-6-9)10(2)14(16)17-12/h5,7,12,16-19,22H,3-4,6,8-11H2,1-2H3;5,11-13H,2,4,6-8H2,1,3H3. The van der Waals surface area contributed by atoms with Crippen LogP contribution in [0.4, 0.5) is 0 Å². The molecule has 9 atom stereocenters. The summed E-state index contributed by atoms with van der Waals surface area (Å²) in [6, 6.07) is 5.95. The van der Waals surface area contributed by atoms with Crippen LogP contribution in [0.3, 0.4) is 0 Å². The largest absolute Gasteiger partial charge is 0.508 e. The van der Waals surface area contributed by atoms with Crippen molar-refractivity contribution in [2.24, 2.45) is 23.2 Å². The summed E-state index contributed by atoms with van der Waals surface area (Å²) >= 11 is 0. The third-order valence-corrected chi connectivity index (χ3v) is 11.8. The second-order valence-corrected chi connectivity index (χ2v) is 14.2. The number of hydrogen-bond acceptors (Lipinski definition) is 6. The van der Waals surface area contributed by atoms with Crippen molar-refractivity contribution in [3.05, 3.63) is 53.1 Å². The number of epoxide rings is 1. The number of rotatable bonds is 2. The first-order chi connectivity index (χ1) is 20.0.